The first-order valence-corrected chi connectivity index (χ1v) is 7.20. The Morgan fingerprint density at radius 2 is 1.95 bits per heavy atom. The number of pyridine rings is 1. The van der Waals surface area contributed by atoms with Crippen LogP contribution in [0.15, 0.2) is 36.7 Å². The highest BCUT2D eigenvalue weighted by Gasteiger charge is 2.43. The third-order valence-electron chi connectivity index (χ3n) is 4.63. The average molecular weight is 268 g/mol. The molecule has 0 amide bonds. The number of ketones is 1. The minimum Gasteiger partial charge on any atom is -0.297 e. The second kappa shape index (κ2) is 4.98. The highest BCUT2D eigenvalue weighted by Crippen LogP contribution is 2.37. The van der Waals surface area contributed by atoms with Crippen molar-refractivity contribution in [2.75, 3.05) is 14.1 Å². The fourth-order valence-corrected chi connectivity index (χ4v) is 3.41. The van der Waals surface area contributed by atoms with Gasteiger partial charge in [0.25, 0.3) is 0 Å². The Morgan fingerprint density at radius 3 is 2.65 bits per heavy atom. The highest BCUT2D eigenvalue weighted by atomic mass is 16.1. The van der Waals surface area contributed by atoms with E-state index in [2.05, 4.69) is 9.88 Å². The molecule has 0 saturated heterocycles. The molecule has 0 bridgehead atoms. The molecule has 104 valence electrons. The lowest BCUT2D eigenvalue weighted by molar-refractivity contribution is 0.0695. The summed E-state index contributed by atoms with van der Waals surface area (Å²) in [6.45, 7) is 0. The molecular formula is C17H20N2O. The van der Waals surface area contributed by atoms with Crippen molar-refractivity contribution in [1.29, 1.82) is 0 Å². The Hall–Kier alpha value is -1.74. The number of benzene rings is 1. The van der Waals surface area contributed by atoms with Gasteiger partial charge in [0.1, 0.15) is 0 Å². The SMILES string of the molecule is CN(C)C1(C(=O)c2cccc3cnccc23)CCCC1. The van der Waals surface area contributed by atoms with Crippen molar-refractivity contribution in [2.45, 2.75) is 31.2 Å². The number of fused-ring (bicyclic) bond motifs is 1. The maximum absolute atomic E-state index is 13.2. The maximum Gasteiger partial charge on any atom is 0.183 e. The lowest BCUT2D eigenvalue weighted by atomic mass is 9.85. The van der Waals surface area contributed by atoms with Crippen LogP contribution in [0.25, 0.3) is 10.8 Å². The minimum absolute atomic E-state index is 0.261. The first kappa shape index (κ1) is 13.3. The lowest BCUT2D eigenvalue weighted by Crippen LogP contribution is -2.48. The molecule has 0 radical (unpaired) electrons. The van der Waals surface area contributed by atoms with Crippen molar-refractivity contribution in [3.8, 4) is 0 Å². The van der Waals surface area contributed by atoms with E-state index in [4.69, 9.17) is 0 Å². The molecule has 2 aromatic rings. The smallest absolute Gasteiger partial charge is 0.183 e. The van der Waals surface area contributed by atoms with Crippen molar-refractivity contribution in [3.05, 3.63) is 42.2 Å². The van der Waals surface area contributed by atoms with Crippen molar-refractivity contribution in [2.24, 2.45) is 0 Å². The predicted molar refractivity (Wildman–Crippen MR) is 81.0 cm³/mol. The van der Waals surface area contributed by atoms with Crippen LogP contribution in [0.1, 0.15) is 36.0 Å². The van der Waals surface area contributed by atoms with E-state index in [-0.39, 0.29) is 11.3 Å². The predicted octanol–water partition coefficient (Wildman–Crippen LogP) is 3.29. The van der Waals surface area contributed by atoms with Crippen LogP contribution in [0.3, 0.4) is 0 Å². The average Bonchev–Trinajstić information content (AvgIpc) is 2.97. The number of hydrogen-bond acceptors (Lipinski definition) is 3. The van der Waals surface area contributed by atoms with Gasteiger partial charge in [0.15, 0.2) is 5.78 Å². The number of Topliss-reactive ketones (excluding diaryl/α,β-unsaturated/α-hetero) is 1. The number of nitrogens with zero attached hydrogens (tertiary/aromatic N) is 2. The van der Waals surface area contributed by atoms with Gasteiger partial charge in [-0.05, 0) is 38.4 Å². The van der Waals surface area contributed by atoms with Crippen LogP contribution in [-0.2, 0) is 0 Å². The summed E-state index contributed by atoms with van der Waals surface area (Å²) in [4.78, 5) is 19.4. The van der Waals surface area contributed by atoms with Crippen LogP contribution in [0.5, 0.6) is 0 Å². The van der Waals surface area contributed by atoms with Crippen LogP contribution >= 0.6 is 0 Å². The molecule has 20 heavy (non-hydrogen) atoms. The molecule has 1 fully saturated rings. The molecule has 3 heteroatoms. The monoisotopic (exact) mass is 268 g/mol. The topological polar surface area (TPSA) is 33.2 Å². The molecule has 1 aliphatic carbocycles. The van der Waals surface area contributed by atoms with Gasteiger partial charge in [0.2, 0.25) is 0 Å². The fraction of sp³-hybridized carbons (Fsp3) is 0.412. The van der Waals surface area contributed by atoms with Crippen molar-refractivity contribution in [1.82, 2.24) is 9.88 Å². The molecule has 1 aromatic heterocycles. The number of aromatic nitrogens is 1. The molecule has 1 aliphatic rings. The maximum atomic E-state index is 13.2. The Morgan fingerprint density at radius 1 is 1.20 bits per heavy atom. The van der Waals surface area contributed by atoms with E-state index in [1.807, 2.05) is 44.6 Å². The van der Waals surface area contributed by atoms with E-state index in [1.54, 1.807) is 6.20 Å². The third kappa shape index (κ3) is 1.93. The molecule has 0 unspecified atom stereocenters. The van der Waals surface area contributed by atoms with E-state index in [0.717, 1.165) is 42.0 Å². The first-order chi connectivity index (χ1) is 9.65. The van der Waals surface area contributed by atoms with E-state index in [9.17, 15) is 4.79 Å². The summed E-state index contributed by atoms with van der Waals surface area (Å²) in [5, 5.41) is 2.05. The summed E-state index contributed by atoms with van der Waals surface area (Å²) >= 11 is 0. The molecule has 0 N–H and O–H groups in total. The summed E-state index contributed by atoms with van der Waals surface area (Å²) < 4.78 is 0. The zero-order valence-electron chi connectivity index (χ0n) is 12.1. The Kier molecular flexibility index (Phi) is 3.30. The fourth-order valence-electron chi connectivity index (χ4n) is 3.41. The normalized spacial score (nSPS) is 17.8. The zero-order valence-corrected chi connectivity index (χ0v) is 12.1. The molecule has 3 rings (SSSR count). The largest absolute Gasteiger partial charge is 0.297 e. The second-order valence-corrected chi connectivity index (χ2v) is 5.86. The van der Waals surface area contributed by atoms with E-state index in [0.29, 0.717) is 0 Å². The molecule has 3 nitrogen and oxygen atoms in total. The number of carbonyl (C=O) groups excluding carboxylic acids is 1. The lowest BCUT2D eigenvalue weighted by Gasteiger charge is -2.35. The summed E-state index contributed by atoms with van der Waals surface area (Å²) in [5.41, 5.74) is 0.512. The molecule has 1 aromatic carbocycles. The summed E-state index contributed by atoms with van der Waals surface area (Å²) in [6, 6.07) is 7.86. The molecule has 0 spiro atoms. The van der Waals surface area contributed by atoms with Crippen LogP contribution < -0.4 is 0 Å². The van der Waals surface area contributed by atoms with Gasteiger partial charge in [-0.15, -0.1) is 0 Å². The molecule has 0 atom stereocenters. The van der Waals surface area contributed by atoms with Gasteiger partial charge in [-0.2, -0.15) is 0 Å². The van der Waals surface area contributed by atoms with Gasteiger partial charge in [0.05, 0.1) is 5.54 Å². The molecule has 1 saturated carbocycles. The van der Waals surface area contributed by atoms with Gasteiger partial charge >= 0.3 is 0 Å². The molecule has 1 heterocycles. The molecule has 0 aliphatic heterocycles. The Labute approximate surface area is 119 Å². The van der Waals surface area contributed by atoms with E-state index in [1.165, 1.54) is 0 Å². The Balaban J connectivity index is 2.13. The van der Waals surface area contributed by atoms with Gasteiger partial charge in [-0.1, -0.05) is 31.0 Å². The third-order valence-corrected chi connectivity index (χ3v) is 4.63. The van der Waals surface area contributed by atoms with E-state index >= 15 is 0 Å². The number of likely N-dealkylation sites (N-methyl/N-ethyl adjacent to an activating group) is 1. The van der Waals surface area contributed by atoms with Crippen molar-refractivity contribution < 1.29 is 4.79 Å². The Bertz CT molecular complexity index is 637. The first-order valence-electron chi connectivity index (χ1n) is 7.20. The van der Waals surface area contributed by atoms with Crippen LogP contribution in [0, 0.1) is 0 Å². The van der Waals surface area contributed by atoms with Gasteiger partial charge in [-0.25, -0.2) is 0 Å². The van der Waals surface area contributed by atoms with Crippen molar-refractivity contribution >= 4 is 16.6 Å². The number of rotatable bonds is 3. The van der Waals surface area contributed by atoms with Gasteiger partial charge in [-0.3, -0.25) is 14.7 Å². The number of carbonyl (C=O) groups is 1. The molecular weight excluding hydrogens is 248 g/mol. The van der Waals surface area contributed by atoms with E-state index < -0.39 is 0 Å². The quantitative estimate of drug-likeness (QED) is 0.801. The van der Waals surface area contributed by atoms with Crippen LogP contribution in [-0.4, -0.2) is 35.3 Å². The summed E-state index contributed by atoms with van der Waals surface area (Å²) in [7, 11) is 4.05. The second-order valence-electron chi connectivity index (χ2n) is 5.86. The zero-order chi connectivity index (χ0) is 14.2. The van der Waals surface area contributed by atoms with Crippen LogP contribution in [0.4, 0.5) is 0 Å². The number of hydrogen-bond donors (Lipinski definition) is 0. The summed E-state index contributed by atoms with van der Waals surface area (Å²) in [5.74, 6) is 0.261. The van der Waals surface area contributed by atoms with Gasteiger partial charge < -0.3 is 0 Å². The van der Waals surface area contributed by atoms with Crippen LogP contribution in [0.2, 0.25) is 0 Å². The summed E-state index contributed by atoms with van der Waals surface area (Å²) in [6.07, 6.45) is 7.77. The van der Waals surface area contributed by atoms with Crippen molar-refractivity contribution in [3.63, 3.8) is 0 Å². The standard InChI is InChI=1S/C17H20N2O/c1-19(2)17(9-3-4-10-17)16(20)15-7-5-6-13-12-18-11-8-14(13)15/h5-8,11-12H,3-4,9-10H2,1-2H3. The van der Waals surface area contributed by atoms with Gasteiger partial charge in [0, 0.05) is 23.3 Å². The highest BCUT2D eigenvalue weighted by molar-refractivity contribution is 6.12. The minimum atomic E-state index is -0.322.